The van der Waals surface area contributed by atoms with Crippen LogP contribution in [0.2, 0.25) is 0 Å². The highest BCUT2D eigenvalue weighted by Crippen LogP contribution is 2.43. The highest BCUT2D eigenvalue weighted by molar-refractivity contribution is 4.98. The van der Waals surface area contributed by atoms with Crippen molar-refractivity contribution in [1.82, 2.24) is 0 Å². The lowest BCUT2D eigenvalue weighted by Gasteiger charge is -2.35. The van der Waals surface area contributed by atoms with Crippen LogP contribution in [0.3, 0.4) is 0 Å². The number of ether oxygens (including phenoxy) is 5. The van der Waals surface area contributed by atoms with E-state index in [1.54, 1.807) is 0 Å². The van der Waals surface area contributed by atoms with Gasteiger partial charge in [0.1, 0.15) is 18.3 Å². The predicted octanol–water partition coefficient (Wildman–Crippen LogP) is 1.40. The second-order valence-corrected chi connectivity index (χ2v) is 5.87. The average molecular weight is 244 g/mol. The highest BCUT2D eigenvalue weighted by atomic mass is 16.9. The molecule has 0 radical (unpaired) electrons. The molecule has 17 heavy (non-hydrogen) atoms. The maximum absolute atomic E-state index is 5.92. The maximum atomic E-state index is 5.92. The molecule has 3 rings (SSSR count). The van der Waals surface area contributed by atoms with Crippen molar-refractivity contribution in [3.63, 3.8) is 0 Å². The minimum Gasteiger partial charge on any atom is -0.344 e. The fourth-order valence-electron chi connectivity index (χ4n) is 2.81. The Balaban J connectivity index is 1.86. The van der Waals surface area contributed by atoms with Crippen LogP contribution < -0.4 is 0 Å². The molecule has 0 saturated carbocycles. The van der Waals surface area contributed by atoms with Crippen molar-refractivity contribution in [3.05, 3.63) is 0 Å². The third-order valence-corrected chi connectivity index (χ3v) is 3.39. The van der Waals surface area contributed by atoms with Crippen molar-refractivity contribution in [3.8, 4) is 0 Å². The second-order valence-electron chi connectivity index (χ2n) is 5.87. The van der Waals surface area contributed by atoms with Gasteiger partial charge in [0.05, 0.1) is 6.10 Å². The summed E-state index contributed by atoms with van der Waals surface area (Å²) >= 11 is 0. The third kappa shape index (κ3) is 1.90. The molecule has 3 saturated heterocycles. The van der Waals surface area contributed by atoms with Crippen LogP contribution >= 0.6 is 0 Å². The maximum Gasteiger partial charge on any atom is 0.190 e. The van der Waals surface area contributed by atoms with Gasteiger partial charge in [-0.1, -0.05) is 0 Å². The molecule has 5 atom stereocenters. The Morgan fingerprint density at radius 3 is 1.94 bits per heavy atom. The molecule has 0 amide bonds. The van der Waals surface area contributed by atoms with Gasteiger partial charge in [-0.2, -0.15) is 0 Å². The molecule has 0 unspecified atom stereocenters. The van der Waals surface area contributed by atoms with Crippen LogP contribution in [0.5, 0.6) is 0 Å². The van der Waals surface area contributed by atoms with E-state index in [2.05, 4.69) is 0 Å². The van der Waals surface area contributed by atoms with Gasteiger partial charge < -0.3 is 23.7 Å². The molecule has 3 heterocycles. The molecule has 98 valence electrons. The van der Waals surface area contributed by atoms with Gasteiger partial charge in [-0.25, -0.2) is 0 Å². The molecular formula is C12H20O5. The van der Waals surface area contributed by atoms with Crippen LogP contribution in [0, 0.1) is 0 Å². The summed E-state index contributed by atoms with van der Waals surface area (Å²) < 4.78 is 29.2. The molecule has 0 aromatic carbocycles. The molecule has 5 nitrogen and oxygen atoms in total. The fourth-order valence-corrected chi connectivity index (χ4v) is 2.81. The number of hydrogen-bond donors (Lipinski definition) is 0. The topological polar surface area (TPSA) is 46.2 Å². The zero-order valence-electron chi connectivity index (χ0n) is 10.9. The Morgan fingerprint density at radius 2 is 1.24 bits per heavy atom. The Kier molecular flexibility index (Phi) is 2.39. The summed E-state index contributed by atoms with van der Waals surface area (Å²) in [7, 11) is 0. The third-order valence-electron chi connectivity index (χ3n) is 3.39. The van der Waals surface area contributed by atoms with Crippen molar-refractivity contribution >= 4 is 0 Å². The van der Waals surface area contributed by atoms with Gasteiger partial charge in [-0.3, -0.25) is 0 Å². The quantitative estimate of drug-likeness (QED) is 0.644. The standard InChI is InChI=1S/C12H20O5/c1-6-7-8(15-11(2,3)14-7)9-10(13-6)17-12(4,5)16-9/h6-10H,1-5H3/t6-,7-,8-,9-,10-/m1/s1. The first kappa shape index (κ1) is 11.9. The normalized spacial score (nSPS) is 51.0. The van der Waals surface area contributed by atoms with E-state index in [1.165, 1.54) is 0 Å². The van der Waals surface area contributed by atoms with E-state index in [9.17, 15) is 0 Å². The van der Waals surface area contributed by atoms with Crippen LogP contribution in [-0.2, 0) is 23.7 Å². The summed E-state index contributed by atoms with van der Waals surface area (Å²) in [6, 6.07) is 0. The molecular weight excluding hydrogens is 224 g/mol. The van der Waals surface area contributed by atoms with Crippen LogP contribution in [0.25, 0.3) is 0 Å². The minimum atomic E-state index is -0.625. The Hall–Kier alpha value is -0.200. The average Bonchev–Trinajstić information content (AvgIpc) is 2.62. The summed E-state index contributed by atoms with van der Waals surface area (Å²) in [5.74, 6) is -1.21. The molecule has 3 aliphatic heterocycles. The monoisotopic (exact) mass is 244 g/mol. The van der Waals surface area contributed by atoms with Gasteiger partial charge >= 0.3 is 0 Å². The van der Waals surface area contributed by atoms with Gasteiger partial charge in [-0.15, -0.1) is 0 Å². The molecule has 0 aromatic heterocycles. The van der Waals surface area contributed by atoms with E-state index in [0.717, 1.165) is 0 Å². The predicted molar refractivity (Wildman–Crippen MR) is 58.2 cm³/mol. The van der Waals surface area contributed by atoms with E-state index in [0.29, 0.717) is 0 Å². The van der Waals surface area contributed by atoms with Crippen molar-refractivity contribution in [2.45, 2.75) is 76.9 Å². The van der Waals surface area contributed by atoms with E-state index in [1.807, 2.05) is 34.6 Å². The van der Waals surface area contributed by atoms with Crippen LogP contribution in [0.4, 0.5) is 0 Å². The smallest absolute Gasteiger partial charge is 0.190 e. The molecule has 0 N–H and O–H groups in total. The molecule has 0 aliphatic carbocycles. The van der Waals surface area contributed by atoms with Crippen LogP contribution in [0.1, 0.15) is 34.6 Å². The van der Waals surface area contributed by atoms with Crippen molar-refractivity contribution in [2.75, 3.05) is 0 Å². The Labute approximate surface area is 101 Å². The fraction of sp³-hybridized carbons (Fsp3) is 1.00. The molecule has 5 heteroatoms. The zero-order valence-corrected chi connectivity index (χ0v) is 10.9. The van der Waals surface area contributed by atoms with E-state index < -0.39 is 11.6 Å². The summed E-state index contributed by atoms with van der Waals surface area (Å²) in [4.78, 5) is 0. The molecule has 0 aromatic rings. The van der Waals surface area contributed by atoms with Gasteiger partial charge in [-0.05, 0) is 34.6 Å². The summed E-state index contributed by atoms with van der Waals surface area (Å²) in [5, 5.41) is 0. The van der Waals surface area contributed by atoms with E-state index >= 15 is 0 Å². The first-order valence-electron chi connectivity index (χ1n) is 6.14. The summed E-state index contributed by atoms with van der Waals surface area (Å²) in [6.07, 6.45) is -0.850. The lowest BCUT2D eigenvalue weighted by molar-refractivity contribution is -0.229. The van der Waals surface area contributed by atoms with Crippen LogP contribution in [-0.4, -0.2) is 42.3 Å². The van der Waals surface area contributed by atoms with E-state index in [-0.39, 0.29) is 30.7 Å². The van der Waals surface area contributed by atoms with Gasteiger partial charge in [0.15, 0.2) is 17.9 Å². The van der Waals surface area contributed by atoms with Crippen molar-refractivity contribution < 1.29 is 23.7 Å². The Morgan fingerprint density at radius 1 is 0.706 bits per heavy atom. The molecule has 0 spiro atoms. The van der Waals surface area contributed by atoms with Gasteiger partial charge in [0.25, 0.3) is 0 Å². The number of hydrogen-bond acceptors (Lipinski definition) is 5. The summed E-state index contributed by atoms with van der Waals surface area (Å²) in [6.45, 7) is 9.57. The van der Waals surface area contributed by atoms with Crippen molar-refractivity contribution in [1.29, 1.82) is 0 Å². The van der Waals surface area contributed by atoms with Crippen molar-refractivity contribution in [2.24, 2.45) is 0 Å². The molecule has 3 fully saturated rings. The first-order chi connectivity index (χ1) is 7.77. The first-order valence-corrected chi connectivity index (χ1v) is 6.14. The second kappa shape index (κ2) is 3.42. The minimum absolute atomic E-state index is 0.0551. The van der Waals surface area contributed by atoms with Crippen LogP contribution in [0.15, 0.2) is 0 Å². The SMILES string of the molecule is C[C@H]1O[C@@H]2OC(C)(C)O[C@@H]2[C@@H]2OC(C)(C)O[C@@H]21. The lowest BCUT2D eigenvalue weighted by atomic mass is 10.0. The Bertz CT molecular complexity index is 327. The van der Waals surface area contributed by atoms with Gasteiger partial charge in [0.2, 0.25) is 0 Å². The highest BCUT2D eigenvalue weighted by Gasteiger charge is 2.59. The number of rotatable bonds is 0. The molecule has 0 bridgehead atoms. The molecule has 3 aliphatic rings. The lowest BCUT2D eigenvalue weighted by Crippen LogP contribution is -2.53. The zero-order chi connectivity index (χ0) is 12.4. The van der Waals surface area contributed by atoms with Gasteiger partial charge in [0, 0.05) is 0 Å². The largest absolute Gasteiger partial charge is 0.344 e. The summed E-state index contributed by atoms with van der Waals surface area (Å²) in [5.41, 5.74) is 0. The van der Waals surface area contributed by atoms with E-state index in [4.69, 9.17) is 23.7 Å². The number of fused-ring (bicyclic) bond motifs is 3.